The van der Waals surface area contributed by atoms with Crippen molar-refractivity contribution < 1.29 is 9.53 Å². The highest BCUT2D eigenvalue weighted by molar-refractivity contribution is 5.76. The van der Waals surface area contributed by atoms with E-state index in [0.29, 0.717) is 26.1 Å². The van der Waals surface area contributed by atoms with Crippen LogP contribution in [0.15, 0.2) is 0 Å². The first kappa shape index (κ1) is 11.5. The van der Waals surface area contributed by atoms with Gasteiger partial charge in [-0.3, -0.25) is 4.79 Å². The van der Waals surface area contributed by atoms with Gasteiger partial charge in [-0.05, 0) is 26.8 Å². The van der Waals surface area contributed by atoms with E-state index in [1.807, 2.05) is 18.7 Å². The molecule has 2 N–H and O–H groups in total. The van der Waals surface area contributed by atoms with Crippen LogP contribution >= 0.6 is 0 Å². The highest BCUT2D eigenvalue weighted by atomic mass is 16.5. The van der Waals surface area contributed by atoms with E-state index in [1.54, 1.807) is 0 Å². The monoisotopic (exact) mass is 200 g/mol. The predicted molar refractivity (Wildman–Crippen MR) is 54.9 cm³/mol. The Labute approximate surface area is 85.4 Å². The molecule has 4 heteroatoms. The van der Waals surface area contributed by atoms with E-state index in [4.69, 9.17) is 10.5 Å². The number of ether oxygens (including phenoxy) is 1. The molecular weight excluding hydrogens is 180 g/mol. The van der Waals surface area contributed by atoms with E-state index in [-0.39, 0.29) is 18.1 Å². The largest absolute Gasteiger partial charge is 0.375 e. The zero-order valence-corrected chi connectivity index (χ0v) is 9.03. The molecule has 1 aliphatic rings. The maximum atomic E-state index is 11.7. The molecule has 1 aliphatic heterocycles. The van der Waals surface area contributed by atoms with Gasteiger partial charge in [-0.1, -0.05) is 0 Å². The molecule has 0 aromatic heterocycles. The Bertz CT molecular complexity index is 197. The molecule has 1 fully saturated rings. The van der Waals surface area contributed by atoms with Crippen LogP contribution in [0.4, 0.5) is 0 Å². The lowest BCUT2D eigenvalue weighted by molar-refractivity contribution is -0.143. The first-order chi connectivity index (χ1) is 6.65. The Morgan fingerprint density at radius 1 is 1.57 bits per heavy atom. The van der Waals surface area contributed by atoms with Crippen molar-refractivity contribution in [3.63, 3.8) is 0 Å². The topological polar surface area (TPSA) is 55.6 Å². The number of hydrogen-bond acceptors (Lipinski definition) is 3. The molecule has 2 atom stereocenters. The molecule has 4 nitrogen and oxygen atoms in total. The minimum Gasteiger partial charge on any atom is -0.375 e. The van der Waals surface area contributed by atoms with Crippen LogP contribution < -0.4 is 5.73 Å². The van der Waals surface area contributed by atoms with Crippen LogP contribution in [0.3, 0.4) is 0 Å². The predicted octanol–water partition coefficient (Wildman–Crippen LogP) is 0.361. The number of rotatable bonds is 3. The van der Waals surface area contributed by atoms with E-state index in [1.165, 1.54) is 0 Å². The highest BCUT2D eigenvalue weighted by Crippen LogP contribution is 2.12. The third-order valence-corrected chi connectivity index (χ3v) is 2.52. The molecule has 14 heavy (non-hydrogen) atoms. The second kappa shape index (κ2) is 5.32. The van der Waals surface area contributed by atoms with Crippen molar-refractivity contribution in [2.75, 3.05) is 19.7 Å². The first-order valence-corrected chi connectivity index (χ1v) is 5.26. The van der Waals surface area contributed by atoms with Crippen LogP contribution in [-0.2, 0) is 9.53 Å². The number of nitrogens with zero attached hydrogens (tertiary/aromatic N) is 1. The lowest BCUT2D eigenvalue weighted by Gasteiger charge is -2.36. The van der Waals surface area contributed by atoms with Gasteiger partial charge in [0.05, 0.1) is 18.8 Å². The van der Waals surface area contributed by atoms with Gasteiger partial charge < -0.3 is 15.4 Å². The quantitative estimate of drug-likeness (QED) is 0.715. The third-order valence-electron chi connectivity index (χ3n) is 2.52. The molecule has 0 aromatic rings. The summed E-state index contributed by atoms with van der Waals surface area (Å²) in [4.78, 5) is 13.6. The fourth-order valence-corrected chi connectivity index (χ4v) is 1.65. The molecular formula is C10H20N2O2. The number of morpholine rings is 1. The Hall–Kier alpha value is -0.610. The molecule has 0 radical (unpaired) electrons. The summed E-state index contributed by atoms with van der Waals surface area (Å²) in [6.07, 6.45) is 1.50. The fraction of sp³-hybridized carbons (Fsp3) is 0.900. The Balaban J connectivity index is 2.43. The fourth-order valence-electron chi connectivity index (χ4n) is 1.65. The normalized spacial score (nSPS) is 27.8. The lowest BCUT2D eigenvalue weighted by atomic mass is 10.1. The molecule has 2 unspecified atom stereocenters. The molecule has 0 aromatic carbocycles. The van der Waals surface area contributed by atoms with E-state index in [9.17, 15) is 4.79 Å². The highest BCUT2D eigenvalue weighted by Gasteiger charge is 2.26. The van der Waals surface area contributed by atoms with Crippen molar-refractivity contribution in [3.05, 3.63) is 0 Å². The maximum Gasteiger partial charge on any atom is 0.223 e. The van der Waals surface area contributed by atoms with Gasteiger partial charge in [-0.25, -0.2) is 0 Å². The van der Waals surface area contributed by atoms with Crippen molar-refractivity contribution in [1.29, 1.82) is 0 Å². The van der Waals surface area contributed by atoms with Crippen molar-refractivity contribution in [2.24, 2.45) is 5.73 Å². The van der Waals surface area contributed by atoms with Crippen molar-refractivity contribution >= 4 is 5.91 Å². The maximum absolute atomic E-state index is 11.7. The molecule has 0 spiro atoms. The molecule has 1 amide bonds. The summed E-state index contributed by atoms with van der Waals surface area (Å²) < 4.78 is 5.46. The van der Waals surface area contributed by atoms with Crippen molar-refractivity contribution in [3.8, 4) is 0 Å². The van der Waals surface area contributed by atoms with Gasteiger partial charge in [-0.2, -0.15) is 0 Å². The molecule has 82 valence electrons. The molecule has 1 rings (SSSR count). The van der Waals surface area contributed by atoms with E-state index in [0.717, 1.165) is 6.42 Å². The smallest absolute Gasteiger partial charge is 0.223 e. The average Bonchev–Trinajstić information content (AvgIpc) is 2.18. The lowest BCUT2D eigenvalue weighted by Crippen LogP contribution is -2.50. The van der Waals surface area contributed by atoms with Crippen LogP contribution in [0.25, 0.3) is 0 Å². The van der Waals surface area contributed by atoms with Gasteiger partial charge in [-0.15, -0.1) is 0 Å². The van der Waals surface area contributed by atoms with Crippen LogP contribution in [0.1, 0.15) is 26.7 Å². The van der Waals surface area contributed by atoms with E-state index >= 15 is 0 Å². The van der Waals surface area contributed by atoms with Crippen LogP contribution in [0, 0.1) is 0 Å². The zero-order chi connectivity index (χ0) is 10.6. The molecule has 0 aliphatic carbocycles. The Morgan fingerprint density at radius 2 is 2.29 bits per heavy atom. The van der Waals surface area contributed by atoms with Gasteiger partial charge in [0, 0.05) is 13.0 Å². The van der Waals surface area contributed by atoms with E-state index < -0.39 is 0 Å². The van der Waals surface area contributed by atoms with E-state index in [2.05, 4.69) is 0 Å². The number of nitrogens with two attached hydrogens (primary N) is 1. The summed E-state index contributed by atoms with van der Waals surface area (Å²) in [6, 6.07) is 0.205. The summed E-state index contributed by atoms with van der Waals surface area (Å²) >= 11 is 0. The summed E-state index contributed by atoms with van der Waals surface area (Å²) in [5, 5.41) is 0. The van der Waals surface area contributed by atoms with Crippen LogP contribution in [0.2, 0.25) is 0 Å². The van der Waals surface area contributed by atoms with Gasteiger partial charge in [0.25, 0.3) is 0 Å². The number of carbonyl (C=O) groups excluding carboxylic acids is 1. The van der Waals surface area contributed by atoms with Crippen LogP contribution in [0.5, 0.6) is 0 Å². The number of carbonyl (C=O) groups is 1. The summed E-state index contributed by atoms with van der Waals surface area (Å²) in [5.74, 6) is 0.207. The first-order valence-electron chi connectivity index (χ1n) is 5.26. The molecule has 1 saturated heterocycles. The summed E-state index contributed by atoms with van der Waals surface area (Å²) in [7, 11) is 0. The van der Waals surface area contributed by atoms with Gasteiger partial charge >= 0.3 is 0 Å². The average molecular weight is 200 g/mol. The third kappa shape index (κ3) is 2.96. The minimum absolute atomic E-state index is 0.160. The van der Waals surface area contributed by atoms with Gasteiger partial charge in [0.15, 0.2) is 0 Å². The molecule has 0 bridgehead atoms. The number of amides is 1. The van der Waals surface area contributed by atoms with Crippen LogP contribution in [-0.4, -0.2) is 42.6 Å². The Morgan fingerprint density at radius 3 is 2.93 bits per heavy atom. The zero-order valence-electron chi connectivity index (χ0n) is 9.03. The number of hydrogen-bond donors (Lipinski definition) is 1. The van der Waals surface area contributed by atoms with Gasteiger partial charge in [0.1, 0.15) is 0 Å². The van der Waals surface area contributed by atoms with Crippen molar-refractivity contribution in [1.82, 2.24) is 4.90 Å². The van der Waals surface area contributed by atoms with Gasteiger partial charge in [0.2, 0.25) is 5.91 Å². The second-order valence-electron chi connectivity index (χ2n) is 3.93. The minimum atomic E-state index is 0.160. The second-order valence-corrected chi connectivity index (χ2v) is 3.93. The molecule has 0 saturated carbocycles. The summed E-state index contributed by atoms with van der Waals surface area (Å²) in [6.45, 7) is 5.96. The summed E-state index contributed by atoms with van der Waals surface area (Å²) in [5.41, 5.74) is 5.37. The van der Waals surface area contributed by atoms with Crippen molar-refractivity contribution in [2.45, 2.75) is 38.8 Å². The standard InChI is InChI=1S/C10H20N2O2/c1-8-7-14-9(2)6-12(8)10(13)4-3-5-11/h8-9H,3-7,11H2,1-2H3. The molecule has 1 heterocycles. The Kier molecular flexibility index (Phi) is 4.35. The SMILES string of the molecule is CC1CN(C(=O)CCCN)C(C)CO1.